The molecule has 3 rings (SSSR count). The Morgan fingerprint density at radius 3 is 2.52 bits per heavy atom. The molecule has 1 amide bonds. The second-order valence-electron chi connectivity index (χ2n) is 5.49. The zero-order chi connectivity index (χ0) is 17.3. The third-order valence-electron chi connectivity index (χ3n) is 3.62. The Kier molecular flexibility index (Phi) is 6.17. The second kappa shape index (κ2) is 8.99. The highest BCUT2D eigenvalue weighted by molar-refractivity contribution is 7.98. The zero-order valence-electron chi connectivity index (χ0n) is 13.8. The van der Waals surface area contributed by atoms with Gasteiger partial charge in [0.15, 0.2) is 0 Å². The number of nitrogens with zero attached hydrogens (tertiary/aromatic N) is 2. The van der Waals surface area contributed by atoms with Crippen LogP contribution < -0.4 is 5.32 Å². The van der Waals surface area contributed by atoms with E-state index in [2.05, 4.69) is 27.4 Å². The normalized spacial score (nSPS) is 10.4. The second-order valence-corrected chi connectivity index (χ2v) is 6.48. The van der Waals surface area contributed by atoms with Gasteiger partial charge in [0.05, 0.1) is 10.6 Å². The van der Waals surface area contributed by atoms with Gasteiger partial charge in [-0.1, -0.05) is 36.4 Å². The monoisotopic (exact) mass is 349 g/mol. The van der Waals surface area contributed by atoms with Gasteiger partial charge in [0.2, 0.25) is 0 Å². The van der Waals surface area contributed by atoms with Gasteiger partial charge in [-0.25, -0.2) is 4.98 Å². The molecule has 0 bridgehead atoms. The number of nitrogens with one attached hydrogen (secondary N) is 1. The summed E-state index contributed by atoms with van der Waals surface area (Å²) in [6.07, 6.45) is 4.10. The molecule has 0 spiro atoms. The highest BCUT2D eigenvalue weighted by atomic mass is 32.2. The Hall–Kier alpha value is -2.66. The maximum atomic E-state index is 12.1. The molecule has 0 radical (unpaired) electrons. The topological polar surface area (TPSA) is 54.9 Å². The van der Waals surface area contributed by atoms with Crippen molar-refractivity contribution in [3.05, 3.63) is 89.9 Å². The van der Waals surface area contributed by atoms with Crippen LogP contribution >= 0.6 is 11.8 Å². The smallest absolute Gasteiger partial charge is 0.252 e. The van der Waals surface area contributed by atoms with Crippen LogP contribution in [-0.4, -0.2) is 22.4 Å². The summed E-state index contributed by atoms with van der Waals surface area (Å²) in [6, 6.07) is 19.7. The van der Waals surface area contributed by atoms with Crippen LogP contribution in [0.2, 0.25) is 0 Å². The van der Waals surface area contributed by atoms with Gasteiger partial charge in [-0.05, 0) is 29.8 Å². The average molecular weight is 349 g/mol. The number of hydrogen-bond acceptors (Lipinski definition) is 4. The number of thioether (sulfide) groups is 1. The molecule has 4 nitrogen and oxygen atoms in total. The standard InChI is InChI=1S/C20H19N3OS/c24-20(22-13-11-18-8-4-5-12-21-18)17-9-10-19(23-14-17)25-15-16-6-2-1-3-7-16/h1-10,12,14H,11,13,15H2,(H,22,24). The van der Waals surface area contributed by atoms with Gasteiger partial charge in [-0.3, -0.25) is 9.78 Å². The number of benzene rings is 1. The summed E-state index contributed by atoms with van der Waals surface area (Å²) in [5.41, 5.74) is 2.80. The van der Waals surface area contributed by atoms with Gasteiger partial charge >= 0.3 is 0 Å². The molecule has 0 saturated carbocycles. The summed E-state index contributed by atoms with van der Waals surface area (Å²) in [6.45, 7) is 0.556. The first-order chi connectivity index (χ1) is 12.3. The highest BCUT2D eigenvalue weighted by Gasteiger charge is 2.06. The predicted molar refractivity (Wildman–Crippen MR) is 101 cm³/mol. The van der Waals surface area contributed by atoms with Crippen LogP contribution in [0.5, 0.6) is 0 Å². The van der Waals surface area contributed by atoms with E-state index in [9.17, 15) is 4.79 Å². The van der Waals surface area contributed by atoms with E-state index in [1.807, 2.05) is 48.5 Å². The van der Waals surface area contributed by atoms with Crippen molar-refractivity contribution in [2.24, 2.45) is 0 Å². The molecule has 5 heteroatoms. The van der Waals surface area contributed by atoms with Crippen LogP contribution in [-0.2, 0) is 12.2 Å². The lowest BCUT2D eigenvalue weighted by atomic mass is 10.2. The van der Waals surface area contributed by atoms with Crippen molar-refractivity contribution in [2.45, 2.75) is 17.2 Å². The summed E-state index contributed by atoms with van der Waals surface area (Å²) in [7, 11) is 0. The molecule has 0 aliphatic carbocycles. The lowest BCUT2D eigenvalue weighted by molar-refractivity contribution is 0.0953. The van der Waals surface area contributed by atoms with Crippen molar-refractivity contribution in [2.75, 3.05) is 6.54 Å². The lowest BCUT2D eigenvalue weighted by Crippen LogP contribution is -2.26. The van der Waals surface area contributed by atoms with Crippen molar-refractivity contribution in [3.63, 3.8) is 0 Å². The minimum atomic E-state index is -0.108. The molecule has 2 heterocycles. The van der Waals surface area contributed by atoms with Gasteiger partial charge in [0.25, 0.3) is 5.91 Å². The first-order valence-corrected chi connectivity index (χ1v) is 9.11. The Balaban J connectivity index is 1.47. The van der Waals surface area contributed by atoms with E-state index in [4.69, 9.17) is 0 Å². The highest BCUT2D eigenvalue weighted by Crippen LogP contribution is 2.20. The van der Waals surface area contributed by atoms with Gasteiger partial charge in [0.1, 0.15) is 0 Å². The number of amides is 1. The van der Waals surface area contributed by atoms with E-state index in [0.717, 1.165) is 16.5 Å². The summed E-state index contributed by atoms with van der Waals surface area (Å²) in [5.74, 6) is 0.756. The third kappa shape index (κ3) is 5.43. The molecule has 126 valence electrons. The molecule has 0 saturated heterocycles. The minimum Gasteiger partial charge on any atom is -0.352 e. The molecule has 25 heavy (non-hydrogen) atoms. The van der Waals surface area contributed by atoms with E-state index in [1.54, 1.807) is 24.2 Å². The van der Waals surface area contributed by atoms with Crippen LogP contribution in [0.15, 0.2) is 78.1 Å². The Morgan fingerprint density at radius 2 is 1.80 bits per heavy atom. The van der Waals surface area contributed by atoms with Crippen molar-refractivity contribution < 1.29 is 4.79 Å². The number of pyridine rings is 2. The molecule has 0 aliphatic heterocycles. The van der Waals surface area contributed by atoms with E-state index >= 15 is 0 Å². The van der Waals surface area contributed by atoms with Crippen molar-refractivity contribution in [3.8, 4) is 0 Å². The summed E-state index contributed by atoms with van der Waals surface area (Å²) in [5, 5.41) is 3.81. The number of aromatic nitrogens is 2. The summed E-state index contributed by atoms with van der Waals surface area (Å²) < 4.78 is 0. The van der Waals surface area contributed by atoms with Crippen LogP contribution in [0, 0.1) is 0 Å². The maximum Gasteiger partial charge on any atom is 0.252 e. The Morgan fingerprint density at radius 1 is 0.960 bits per heavy atom. The quantitative estimate of drug-likeness (QED) is 0.660. The van der Waals surface area contributed by atoms with Crippen molar-refractivity contribution >= 4 is 17.7 Å². The lowest BCUT2D eigenvalue weighted by Gasteiger charge is -2.06. The van der Waals surface area contributed by atoms with E-state index in [0.29, 0.717) is 18.5 Å². The zero-order valence-corrected chi connectivity index (χ0v) is 14.6. The molecule has 1 N–H and O–H groups in total. The van der Waals surface area contributed by atoms with Crippen molar-refractivity contribution in [1.82, 2.24) is 15.3 Å². The molecular weight excluding hydrogens is 330 g/mol. The minimum absolute atomic E-state index is 0.108. The van der Waals surface area contributed by atoms with Crippen LogP contribution in [0.3, 0.4) is 0 Å². The Labute approximate surface area is 151 Å². The summed E-state index contributed by atoms with van der Waals surface area (Å²) in [4.78, 5) is 20.8. The maximum absolute atomic E-state index is 12.1. The fraction of sp³-hybridized carbons (Fsp3) is 0.150. The molecule has 2 aromatic heterocycles. The van der Waals surface area contributed by atoms with Gasteiger partial charge in [0, 0.05) is 36.8 Å². The summed E-state index contributed by atoms with van der Waals surface area (Å²) >= 11 is 1.66. The molecular formula is C20H19N3OS. The fourth-order valence-corrected chi connectivity index (χ4v) is 3.08. The number of hydrogen-bond donors (Lipinski definition) is 1. The molecule has 0 unspecified atom stereocenters. The number of rotatable bonds is 7. The van der Waals surface area contributed by atoms with Crippen LogP contribution in [0.1, 0.15) is 21.6 Å². The third-order valence-corrected chi connectivity index (χ3v) is 4.64. The first-order valence-electron chi connectivity index (χ1n) is 8.12. The average Bonchev–Trinajstić information content (AvgIpc) is 2.68. The molecule has 0 fully saturated rings. The van der Waals surface area contributed by atoms with Crippen LogP contribution in [0.4, 0.5) is 0 Å². The largest absolute Gasteiger partial charge is 0.352 e. The van der Waals surface area contributed by atoms with Crippen molar-refractivity contribution in [1.29, 1.82) is 0 Å². The molecule has 0 aliphatic rings. The van der Waals surface area contributed by atoms with Crippen LogP contribution in [0.25, 0.3) is 0 Å². The van der Waals surface area contributed by atoms with E-state index in [1.165, 1.54) is 5.56 Å². The van der Waals surface area contributed by atoms with E-state index < -0.39 is 0 Å². The number of carbonyl (C=O) groups excluding carboxylic acids is 1. The molecule has 0 atom stereocenters. The molecule has 1 aromatic carbocycles. The van der Waals surface area contributed by atoms with E-state index in [-0.39, 0.29) is 5.91 Å². The Bertz CT molecular complexity index is 792. The number of carbonyl (C=O) groups is 1. The van der Waals surface area contributed by atoms with Gasteiger partial charge in [-0.2, -0.15) is 0 Å². The van der Waals surface area contributed by atoms with Gasteiger partial charge < -0.3 is 5.32 Å². The first kappa shape index (κ1) is 17.2. The molecule has 3 aromatic rings. The fourth-order valence-electron chi connectivity index (χ4n) is 2.28. The SMILES string of the molecule is O=C(NCCc1ccccn1)c1ccc(SCc2ccccc2)nc1. The predicted octanol–water partition coefficient (Wildman–Crippen LogP) is 3.74. The van der Waals surface area contributed by atoms with Gasteiger partial charge in [-0.15, -0.1) is 11.8 Å².